The molecule has 0 saturated heterocycles. The maximum atomic E-state index is 13.1. The second kappa shape index (κ2) is 11.5. The van der Waals surface area contributed by atoms with Crippen LogP contribution in [0.4, 0.5) is 8.78 Å². The van der Waals surface area contributed by atoms with E-state index in [2.05, 4.69) is 42.2 Å². The molecule has 28 heavy (non-hydrogen) atoms. The van der Waals surface area contributed by atoms with E-state index in [-0.39, 0.29) is 17.9 Å². The first-order valence-corrected chi connectivity index (χ1v) is 9.92. The zero-order chi connectivity index (χ0) is 20.5. The highest BCUT2D eigenvalue weighted by Crippen LogP contribution is 2.24. The average Bonchev–Trinajstić information content (AvgIpc) is 2.71. The summed E-state index contributed by atoms with van der Waals surface area (Å²) in [6.07, 6.45) is 2.94. The summed E-state index contributed by atoms with van der Waals surface area (Å²) >= 11 is 6.69. The van der Waals surface area contributed by atoms with Gasteiger partial charge in [-0.25, -0.2) is 8.78 Å². The first kappa shape index (κ1) is 22.8. The highest BCUT2D eigenvalue weighted by Gasteiger charge is 2.06. The molecule has 8 heteroatoms. The van der Waals surface area contributed by atoms with E-state index in [0.29, 0.717) is 18.5 Å². The summed E-state index contributed by atoms with van der Waals surface area (Å²) < 4.78 is 37.9. The number of pyridine rings is 1. The molecule has 0 unspecified atom stereocenters. The SMILES string of the molecule is COC(CNCc1cc(F)ccc1Br)OC.Fc1ccc(Br)c2cnccc12. The number of benzene rings is 2. The van der Waals surface area contributed by atoms with Crippen molar-refractivity contribution < 1.29 is 18.3 Å². The van der Waals surface area contributed by atoms with Crippen LogP contribution in [-0.2, 0) is 16.0 Å². The smallest absolute Gasteiger partial charge is 0.169 e. The van der Waals surface area contributed by atoms with Crippen LogP contribution in [0, 0.1) is 11.6 Å². The molecule has 0 aliphatic carbocycles. The number of fused-ring (bicyclic) bond motifs is 1. The Labute approximate surface area is 179 Å². The maximum absolute atomic E-state index is 13.1. The third-order valence-electron chi connectivity index (χ3n) is 3.87. The molecule has 3 aromatic rings. The molecule has 1 aromatic heterocycles. The fraction of sp³-hybridized carbons (Fsp3) is 0.250. The first-order valence-electron chi connectivity index (χ1n) is 8.34. The molecule has 0 amide bonds. The predicted molar refractivity (Wildman–Crippen MR) is 113 cm³/mol. The molecular formula is C20H20Br2F2N2O2. The van der Waals surface area contributed by atoms with E-state index in [1.54, 1.807) is 44.8 Å². The van der Waals surface area contributed by atoms with Gasteiger partial charge in [0, 0.05) is 59.4 Å². The van der Waals surface area contributed by atoms with Crippen molar-refractivity contribution in [3.05, 3.63) is 74.9 Å². The normalized spacial score (nSPS) is 10.8. The van der Waals surface area contributed by atoms with Gasteiger partial charge in [-0.15, -0.1) is 0 Å². The van der Waals surface area contributed by atoms with Crippen LogP contribution in [0.1, 0.15) is 5.56 Å². The molecule has 0 fully saturated rings. The molecule has 1 heterocycles. The van der Waals surface area contributed by atoms with Gasteiger partial charge in [0.25, 0.3) is 0 Å². The van der Waals surface area contributed by atoms with Crippen molar-refractivity contribution in [2.24, 2.45) is 0 Å². The molecule has 0 aliphatic heterocycles. The fourth-order valence-electron chi connectivity index (χ4n) is 2.39. The Balaban J connectivity index is 0.000000207. The summed E-state index contributed by atoms with van der Waals surface area (Å²) in [5.74, 6) is -0.453. The predicted octanol–water partition coefficient (Wildman–Crippen LogP) is 5.43. The Morgan fingerprint density at radius 3 is 2.39 bits per heavy atom. The fourth-order valence-corrected chi connectivity index (χ4v) is 3.22. The summed E-state index contributed by atoms with van der Waals surface area (Å²) in [7, 11) is 3.15. The number of nitrogens with one attached hydrogen (secondary N) is 1. The largest absolute Gasteiger partial charge is 0.355 e. The molecule has 2 aromatic carbocycles. The van der Waals surface area contributed by atoms with Crippen LogP contribution >= 0.6 is 31.9 Å². The maximum Gasteiger partial charge on any atom is 0.169 e. The highest BCUT2D eigenvalue weighted by molar-refractivity contribution is 9.11. The molecular weight excluding hydrogens is 498 g/mol. The van der Waals surface area contributed by atoms with Gasteiger partial charge >= 0.3 is 0 Å². The van der Waals surface area contributed by atoms with Crippen LogP contribution in [-0.4, -0.2) is 32.0 Å². The molecule has 0 saturated carbocycles. The third-order valence-corrected chi connectivity index (χ3v) is 5.34. The summed E-state index contributed by atoms with van der Waals surface area (Å²) in [6.45, 7) is 1.11. The van der Waals surface area contributed by atoms with E-state index in [4.69, 9.17) is 9.47 Å². The Morgan fingerprint density at radius 2 is 1.71 bits per heavy atom. The number of hydrogen-bond donors (Lipinski definition) is 1. The van der Waals surface area contributed by atoms with E-state index in [0.717, 1.165) is 19.9 Å². The number of halogens is 4. The molecule has 0 radical (unpaired) electrons. The van der Waals surface area contributed by atoms with Gasteiger partial charge in [0.2, 0.25) is 0 Å². The zero-order valence-corrected chi connectivity index (χ0v) is 18.6. The Hall–Kier alpha value is -1.45. The van der Waals surface area contributed by atoms with Crippen molar-refractivity contribution in [1.82, 2.24) is 10.3 Å². The molecule has 0 aliphatic rings. The summed E-state index contributed by atoms with van der Waals surface area (Å²) in [6, 6.07) is 9.38. The number of rotatable bonds is 6. The van der Waals surface area contributed by atoms with Crippen LogP contribution in [0.2, 0.25) is 0 Å². The van der Waals surface area contributed by atoms with E-state index in [1.165, 1.54) is 18.2 Å². The van der Waals surface area contributed by atoms with Gasteiger partial charge in [0.15, 0.2) is 6.29 Å². The summed E-state index contributed by atoms with van der Waals surface area (Å²) in [4.78, 5) is 3.92. The van der Waals surface area contributed by atoms with Gasteiger partial charge in [-0.2, -0.15) is 0 Å². The number of aromatic nitrogens is 1. The minimum absolute atomic E-state index is 0.212. The second-order valence-electron chi connectivity index (χ2n) is 5.72. The molecule has 0 bridgehead atoms. The van der Waals surface area contributed by atoms with Crippen molar-refractivity contribution in [1.29, 1.82) is 0 Å². The van der Waals surface area contributed by atoms with Gasteiger partial charge in [0.05, 0.1) is 0 Å². The van der Waals surface area contributed by atoms with Crippen molar-refractivity contribution in [3.63, 3.8) is 0 Å². The topological polar surface area (TPSA) is 43.4 Å². The highest BCUT2D eigenvalue weighted by atomic mass is 79.9. The first-order chi connectivity index (χ1) is 13.5. The van der Waals surface area contributed by atoms with E-state index >= 15 is 0 Å². The second-order valence-corrected chi connectivity index (χ2v) is 7.43. The van der Waals surface area contributed by atoms with Crippen LogP contribution in [0.5, 0.6) is 0 Å². The quantitative estimate of drug-likeness (QED) is 0.442. The number of nitrogens with zero attached hydrogens (tertiary/aromatic N) is 1. The molecule has 150 valence electrons. The Morgan fingerprint density at radius 1 is 1.00 bits per heavy atom. The molecule has 3 rings (SSSR count). The van der Waals surface area contributed by atoms with E-state index in [1.807, 2.05) is 0 Å². The van der Waals surface area contributed by atoms with Crippen molar-refractivity contribution in [2.75, 3.05) is 20.8 Å². The lowest BCUT2D eigenvalue weighted by molar-refractivity contribution is -0.0989. The van der Waals surface area contributed by atoms with Crippen LogP contribution in [0.3, 0.4) is 0 Å². The number of hydrogen-bond acceptors (Lipinski definition) is 4. The third kappa shape index (κ3) is 6.56. The Bertz CT molecular complexity index is 868. The molecule has 1 N–H and O–H groups in total. The van der Waals surface area contributed by atoms with Gasteiger partial charge in [-0.3, -0.25) is 4.98 Å². The minimum Gasteiger partial charge on any atom is -0.355 e. The van der Waals surface area contributed by atoms with Gasteiger partial charge < -0.3 is 14.8 Å². The minimum atomic E-state index is -0.285. The summed E-state index contributed by atoms with van der Waals surface area (Å²) in [5, 5.41) is 4.52. The van der Waals surface area contributed by atoms with Gasteiger partial charge in [-0.05, 0) is 42.0 Å². The van der Waals surface area contributed by atoms with Crippen LogP contribution in [0.25, 0.3) is 10.8 Å². The lowest BCUT2D eigenvalue weighted by Crippen LogP contribution is -2.29. The molecule has 4 nitrogen and oxygen atoms in total. The lowest BCUT2D eigenvalue weighted by atomic mass is 10.2. The molecule has 0 atom stereocenters. The number of methoxy groups -OCH3 is 2. The van der Waals surface area contributed by atoms with Crippen molar-refractivity contribution in [2.45, 2.75) is 12.8 Å². The lowest BCUT2D eigenvalue weighted by Gasteiger charge is -2.14. The van der Waals surface area contributed by atoms with Gasteiger partial charge in [-0.1, -0.05) is 31.9 Å². The van der Waals surface area contributed by atoms with E-state index < -0.39 is 0 Å². The van der Waals surface area contributed by atoms with Gasteiger partial charge in [0.1, 0.15) is 11.6 Å². The van der Waals surface area contributed by atoms with Crippen molar-refractivity contribution >= 4 is 42.6 Å². The summed E-state index contributed by atoms with van der Waals surface area (Å²) in [5.41, 5.74) is 0.867. The Kier molecular flexibility index (Phi) is 9.40. The average molecular weight is 518 g/mol. The number of ether oxygens (including phenoxy) is 2. The van der Waals surface area contributed by atoms with Crippen molar-refractivity contribution in [3.8, 4) is 0 Å². The monoisotopic (exact) mass is 516 g/mol. The van der Waals surface area contributed by atoms with E-state index in [9.17, 15) is 8.78 Å². The van der Waals surface area contributed by atoms with Crippen LogP contribution < -0.4 is 5.32 Å². The zero-order valence-electron chi connectivity index (χ0n) is 15.4. The standard InChI is InChI=1S/C11H15BrFNO2.C9H5BrFN/c1-15-11(16-2)7-14-6-8-5-9(13)3-4-10(8)12;10-8-1-2-9(11)6-3-4-12-5-7(6)8/h3-5,11,14H,6-7H2,1-2H3;1-5H. The van der Waals surface area contributed by atoms with Crippen LogP contribution in [0.15, 0.2) is 57.7 Å². The molecule has 0 spiro atoms.